The van der Waals surface area contributed by atoms with Crippen LogP contribution in [0.2, 0.25) is 0 Å². The van der Waals surface area contributed by atoms with Gasteiger partial charge in [-0.05, 0) is 12.1 Å². The zero-order valence-corrected chi connectivity index (χ0v) is 7.52. The number of carbonyl (C=O) groups is 1. The number of amides is 1. The van der Waals surface area contributed by atoms with Crippen molar-refractivity contribution in [3.63, 3.8) is 0 Å². The Morgan fingerprint density at radius 3 is 2.86 bits per heavy atom. The average molecular weight is 190 g/mol. The number of aryl methyl sites for hydroxylation is 1. The maximum Gasteiger partial charge on any atom is 0.209 e. The van der Waals surface area contributed by atoms with Crippen LogP contribution in [0, 0.1) is 0 Å². The van der Waals surface area contributed by atoms with E-state index in [2.05, 4.69) is 10.3 Å². The highest BCUT2D eigenvalue weighted by molar-refractivity contribution is 5.84. The van der Waals surface area contributed by atoms with Crippen molar-refractivity contribution >= 4 is 23.1 Å². The van der Waals surface area contributed by atoms with E-state index in [-0.39, 0.29) is 5.95 Å². The smallest absolute Gasteiger partial charge is 0.209 e. The highest BCUT2D eigenvalue weighted by atomic mass is 16.4. The molecule has 0 atom stereocenters. The highest BCUT2D eigenvalue weighted by Gasteiger charge is 2.05. The Bertz CT molecular complexity index is 490. The second-order valence-electron chi connectivity index (χ2n) is 2.90. The van der Waals surface area contributed by atoms with Crippen molar-refractivity contribution in [3.05, 3.63) is 24.3 Å². The molecule has 2 rings (SSSR count). The summed E-state index contributed by atoms with van der Waals surface area (Å²) in [6, 6.07) is 7.39. The molecule has 0 fully saturated rings. The minimum absolute atomic E-state index is 0.270. The topological polar surface area (TPSA) is 70.0 Å². The lowest BCUT2D eigenvalue weighted by Crippen LogP contribution is -2.30. The quantitative estimate of drug-likeness (QED) is 0.704. The van der Waals surface area contributed by atoms with E-state index in [1.54, 1.807) is 11.6 Å². The summed E-state index contributed by atoms with van der Waals surface area (Å²) < 4.78 is 1.66. The SMILES string of the molecule is Cn1c(NC(=O)[O-])nc2ccccc21. The number of nitrogens with one attached hydrogen (secondary N) is 1. The summed E-state index contributed by atoms with van der Waals surface area (Å²) in [4.78, 5) is 14.4. The minimum Gasteiger partial charge on any atom is -0.530 e. The van der Waals surface area contributed by atoms with Crippen molar-refractivity contribution in [2.24, 2.45) is 7.05 Å². The molecule has 72 valence electrons. The maximum absolute atomic E-state index is 10.3. The molecule has 0 saturated carbocycles. The van der Waals surface area contributed by atoms with Gasteiger partial charge in [-0.3, -0.25) is 0 Å². The number of fused-ring (bicyclic) bond motifs is 1. The third-order valence-electron chi connectivity index (χ3n) is 2.00. The number of hydrogen-bond acceptors (Lipinski definition) is 3. The second-order valence-corrected chi connectivity index (χ2v) is 2.90. The lowest BCUT2D eigenvalue weighted by atomic mass is 10.3. The van der Waals surface area contributed by atoms with Crippen LogP contribution >= 0.6 is 0 Å². The van der Waals surface area contributed by atoms with Gasteiger partial charge < -0.3 is 19.8 Å². The normalized spacial score (nSPS) is 10.4. The molecule has 1 N–H and O–H groups in total. The largest absolute Gasteiger partial charge is 0.530 e. The first-order chi connectivity index (χ1) is 6.68. The number of para-hydroxylation sites is 2. The van der Waals surface area contributed by atoms with E-state index in [4.69, 9.17) is 0 Å². The standard InChI is InChI=1S/C9H9N3O2/c1-12-7-5-3-2-4-6(7)10-8(12)11-9(13)14/h2-5H,1H3,(H,10,11)(H,13,14)/p-1. The molecule has 14 heavy (non-hydrogen) atoms. The van der Waals surface area contributed by atoms with Gasteiger partial charge in [0.25, 0.3) is 0 Å². The number of carboxylic acid groups (broad SMARTS) is 1. The molecule has 5 nitrogen and oxygen atoms in total. The van der Waals surface area contributed by atoms with Gasteiger partial charge in [-0.2, -0.15) is 0 Å². The van der Waals surface area contributed by atoms with Crippen molar-refractivity contribution in [3.8, 4) is 0 Å². The Morgan fingerprint density at radius 2 is 2.21 bits per heavy atom. The van der Waals surface area contributed by atoms with Crippen LogP contribution in [0.25, 0.3) is 11.0 Å². The van der Waals surface area contributed by atoms with Crippen LogP contribution in [0.1, 0.15) is 0 Å². The molecule has 0 unspecified atom stereocenters. The molecule has 0 spiro atoms. The Labute approximate surface area is 80.0 Å². The molecule has 1 aromatic carbocycles. The van der Waals surface area contributed by atoms with Crippen molar-refractivity contribution in [1.29, 1.82) is 0 Å². The van der Waals surface area contributed by atoms with Crippen LogP contribution in [0.5, 0.6) is 0 Å². The van der Waals surface area contributed by atoms with Crippen molar-refractivity contribution < 1.29 is 9.90 Å². The van der Waals surface area contributed by atoms with Crippen molar-refractivity contribution in [2.75, 3.05) is 5.32 Å². The number of anilines is 1. The fourth-order valence-corrected chi connectivity index (χ4v) is 1.35. The van der Waals surface area contributed by atoms with Crippen LogP contribution < -0.4 is 10.4 Å². The van der Waals surface area contributed by atoms with Crippen LogP contribution in [0.3, 0.4) is 0 Å². The predicted octanol–water partition coefficient (Wildman–Crippen LogP) is 0.328. The summed E-state index contributed by atoms with van der Waals surface area (Å²) in [5.74, 6) is 0.270. The zero-order valence-electron chi connectivity index (χ0n) is 7.52. The van der Waals surface area contributed by atoms with Gasteiger partial charge in [0.15, 0.2) is 0 Å². The molecule has 5 heteroatoms. The first-order valence-electron chi connectivity index (χ1n) is 4.08. The fraction of sp³-hybridized carbons (Fsp3) is 0.111. The van der Waals surface area contributed by atoms with E-state index < -0.39 is 6.09 Å². The summed E-state index contributed by atoms with van der Waals surface area (Å²) in [7, 11) is 1.74. The van der Waals surface area contributed by atoms with Crippen molar-refractivity contribution in [1.82, 2.24) is 9.55 Å². The number of carbonyl (C=O) groups excluding carboxylic acids is 1. The average Bonchev–Trinajstić information content (AvgIpc) is 2.44. The van der Waals surface area contributed by atoms with Gasteiger partial charge in [-0.1, -0.05) is 12.1 Å². The summed E-state index contributed by atoms with van der Waals surface area (Å²) in [6.07, 6.45) is -1.36. The zero-order chi connectivity index (χ0) is 10.1. The highest BCUT2D eigenvalue weighted by Crippen LogP contribution is 2.16. The Morgan fingerprint density at radius 1 is 1.50 bits per heavy atom. The Kier molecular flexibility index (Phi) is 1.85. The van der Waals surface area contributed by atoms with E-state index in [0.29, 0.717) is 0 Å². The molecule has 0 radical (unpaired) electrons. The van der Waals surface area contributed by atoms with Gasteiger partial charge in [0.05, 0.1) is 11.0 Å². The molecule has 0 aliphatic carbocycles. The number of benzene rings is 1. The van der Waals surface area contributed by atoms with Gasteiger partial charge in [-0.25, -0.2) is 4.98 Å². The van der Waals surface area contributed by atoms with Gasteiger partial charge in [0.2, 0.25) is 5.95 Å². The first kappa shape index (κ1) is 8.55. The molecular formula is C9H8N3O2-. The van der Waals surface area contributed by atoms with Gasteiger partial charge in [-0.15, -0.1) is 0 Å². The summed E-state index contributed by atoms with van der Waals surface area (Å²) in [6.45, 7) is 0. The summed E-state index contributed by atoms with van der Waals surface area (Å²) in [5.41, 5.74) is 1.62. The molecule has 1 heterocycles. The number of nitrogens with zero attached hydrogens (tertiary/aromatic N) is 2. The number of hydrogen-bond donors (Lipinski definition) is 1. The van der Waals surface area contributed by atoms with Gasteiger partial charge >= 0.3 is 0 Å². The van der Waals surface area contributed by atoms with E-state index in [0.717, 1.165) is 11.0 Å². The second kappa shape index (κ2) is 3.02. The molecule has 0 aliphatic rings. The molecule has 1 aromatic heterocycles. The molecule has 0 bridgehead atoms. The lowest BCUT2D eigenvalue weighted by molar-refractivity contribution is -0.242. The fourth-order valence-electron chi connectivity index (χ4n) is 1.35. The van der Waals surface area contributed by atoms with Crippen LogP contribution in [-0.4, -0.2) is 15.6 Å². The molecular weight excluding hydrogens is 182 g/mol. The predicted molar refractivity (Wildman–Crippen MR) is 49.7 cm³/mol. The van der Waals surface area contributed by atoms with Gasteiger partial charge in [0.1, 0.15) is 6.09 Å². The first-order valence-corrected chi connectivity index (χ1v) is 4.08. The Balaban J connectivity index is 2.57. The van der Waals surface area contributed by atoms with E-state index in [1.807, 2.05) is 24.3 Å². The molecule has 1 amide bonds. The number of imidazole rings is 1. The van der Waals surface area contributed by atoms with Crippen LogP contribution in [-0.2, 0) is 7.05 Å². The number of rotatable bonds is 1. The van der Waals surface area contributed by atoms with E-state index in [9.17, 15) is 9.90 Å². The van der Waals surface area contributed by atoms with Crippen molar-refractivity contribution in [2.45, 2.75) is 0 Å². The number of aromatic nitrogens is 2. The van der Waals surface area contributed by atoms with Crippen LogP contribution in [0.4, 0.5) is 10.7 Å². The summed E-state index contributed by atoms with van der Waals surface area (Å²) in [5, 5.41) is 12.4. The third kappa shape index (κ3) is 1.28. The third-order valence-corrected chi connectivity index (χ3v) is 2.00. The van der Waals surface area contributed by atoms with Gasteiger partial charge in [0, 0.05) is 7.05 Å². The summed E-state index contributed by atoms with van der Waals surface area (Å²) >= 11 is 0. The molecule has 0 saturated heterocycles. The monoisotopic (exact) mass is 190 g/mol. The maximum atomic E-state index is 10.3. The molecule has 0 aliphatic heterocycles. The van der Waals surface area contributed by atoms with E-state index >= 15 is 0 Å². The Hall–Kier alpha value is -2.04. The minimum atomic E-state index is -1.36. The van der Waals surface area contributed by atoms with Crippen LogP contribution in [0.15, 0.2) is 24.3 Å². The molecule has 2 aromatic rings. The van der Waals surface area contributed by atoms with E-state index in [1.165, 1.54) is 0 Å². The lowest BCUT2D eigenvalue weighted by Gasteiger charge is -2.05.